The van der Waals surface area contributed by atoms with Gasteiger partial charge in [-0.25, -0.2) is 0 Å². The molecule has 6 rings (SSSR count). The molecule has 11 atom stereocenters. The molecule has 2 aliphatic carbocycles. The number of allylic oxidation sites excluding steroid dienone is 1. The number of amides is 1. The Morgan fingerprint density at radius 2 is 1.61 bits per heavy atom. The van der Waals surface area contributed by atoms with Crippen LogP contribution >= 0.6 is 0 Å². The van der Waals surface area contributed by atoms with Crippen molar-refractivity contribution in [3.63, 3.8) is 0 Å². The Balaban J connectivity index is 1.57. The first-order valence-corrected chi connectivity index (χ1v) is 16.2. The summed E-state index contributed by atoms with van der Waals surface area (Å²) < 4.78 is 32.7. The molecule has 0 bridgehead atoms. The van der Waals surface area contributed by atoms with Gasteiger partial charge in [-0.2, -0.15) is 0 Å². The van der Waals surface area contributed by atoms with Crippen LogP contribution in [0.15, 0.2) is 54.6 Å². The first-order valence-electron chi connectivity index (χ1n) is 16.2. The van der Waals surface area contributed by atoms with Gasteiger partial charge >= 0.3 is 5.97 Å². The summed E-state index contributed by atoms with van der Waals surface area (Å²) in [5.74, 6) is -2.94. The minimum atomic E-state index is -1.17. The number of carbonyl (C=O) groups is 2. The predicted molar refractivity (Wildman–Crippen MR) is 165 cm³/mol. The van der Waals surface area contributed by atoms with Crippen LogP contribution in [0.25, 0.3) is 0 Å². The molecule has 3 saturated heterocycles. The van der Waals surface area contributed by atoms with E-state index >= 15 is 0 Å². The fourth-order valence-corrected chi connectivity index (χ4v) is 9.40. The average Bonchev–Trinajstić information content (AvgIpc) is 3.46. The van der Waals surface area contributed by atoms with Crippen molar-refractivity contribution in [1.29, 1.82) is 0 Å². The van der Waals surface area contributed by atoms with Gasteiger partial charge in [0.05, 0.1) is 17.8 Å². The lowest BCUT2D eigenvalue weighted by atomic mass is 9.48. The van der Waals surface area contributed by atoms with E-state index in [1.807, 2.05) is 65.0 Å². The second kappa shape index (κ2) is 10.5. The zero-order valence-electron chi connectivity index (χ0n) is 27.6. The van der Waals surface area contributed by atoms with Crippen molar-refractivity contribution in [2.75, 3.05) is 0 Å². The van der Waals surface area contributed by atoms with E-state index in [0.717, 1.165) is 5.56 Å². The molecule has 5 aliphatic rings. The highest BCUT2D eigenvalue weighted by Gasteiger charge is 2.75. The quantitative estimate of drug-likeness (QED) is 0.358. The summed E-state index contributed by atoms with van der Waals surface area (Å²) in [4.78, 5) is 27.7. The first kappa shape index (κ1) is 31.5. The van der Waals surface area contributed by atoms with Crippen LogP contribution in [0.5, 0.6) is 0 Å². The van der Waals surface area contributed by atoms with Crippen LogP contribution in [-0.2, 0) is 39.7 Å². The van der Waals surface area contributed by atoms with Gasteiger partial charge in [-0.1, -0.05) is 62.4 Å². The molecule has 3 aliphatic heterocycles. The zero-order valence-corrected chi connectivity index (χ0v) is 27.6. The maximum Gasteiger partial charge on any atom is 0.303 e. The standard InChI is InChI=1S/C36H49NO7/c1-21-14-13-17-25-30-35(9,44-33(6,7)42-30)22(2)28-26(20-24-15-11-10-12-16-24)37-31(39)36(25,28)27(40-23(3)38)18-19-34(8)29(21)41-32(4,5)43-34/h10-13,15-19,21-22,25-30H,14,20H2,1-9H3,(H,37,39)/b17-13+,19-18+/t21-,22-,25-,26-,27+,28-,29+,30-,34+,35+,36-/m0/s1. The molecule has 8 heteroatoms. The average molecular weight is 608 g/mol. The smallest absolute Gasteiger partial charge is 0.303 e. The van der Waals surface area contributed by atoms with Crippen LogP contribution in [0, 0.1) is 29.1 Å². The monoisotopic (exact) mass is 607 g/mol. The molecule has 1 spiro atoms. The lowest BCUT2D eigenvalue weighted by Crippen LogP contribution is -2.67. The third kappa shape index (κ3) is 4.88. The molecule has 3 heterocycles. The largest absolute Gasteiger partial charge is 0.457 e. The number of carbonyl (C=O) groups excluding carboxylic acids is 2. The van der Waals surface area contributed by atoms with E-state index in [9.17, 15) is 9.59 Å². The Labute approximate surface area is 261 Å². The SMILES string of the molecule is CC(=O)O[C@@H]1/C=C/[C@@]2(C)OC(C)(C)O[C@@H]2[C@@H](C)C/C=C/[C@H]2[C@@H]3OC(C)(C)O[C@]3(C)[C@@H](C)[C@H]3[C@H](Cc4ccccc4)NC(=O)[C@]312. The highest BCUT2D eigenvalue weighted by Crippen LogP contribution is 2.64. The zero-order chi connectivity index (χ0) is 31.9. The van der Waals surface area contributed by atoms with Gasteiger partial charge < -0.3 is 29.0 Å². The van der Waals surface area contributed by atoms with E-state index < -0.39 is 52.3 Å². The molecule has 0 radical (unpaired) electrons. The lowest BCUT2D eigenvalue weighted by Gasteiger charge is -2.56. The van der Waals surface area contributed by atoms with Gasteiger partial charge in [0, 0.05) is 24.8 Å². The minimum absolute atomic E-state index is 0.106. The van der Waals surface area contributed by atoms with Crippen LogP contribution in [0.3, 0.4) is 0 Å². The van der Waals surface area contributed by atoms with Crippen molar-refractivity contribution in [1.82, 2.24) is 5.32 Å². The molecule has 1 amide bonds. The summed E-state index contributed by atoms with van der Waals surface area (Å²) in [6.45, 7) is 17.6. The Bertz CT molecular complexity index is 1360. The molecule has 0 aromatic heterocycles. The summed E-state index contributed by atoms with van der Waals surface area (Å²) in [5, 5.41) is 3.41. The summed E-state index contributed by atoms with van der Waals surface area (Å²) >= 11 is 0. The van der Waals surface area contributed by atoms with Crippen molar-refractivity contribution in [3.8, 4) is 0 Å². The van der Waals surface area contributed by atoms with Crippen LogP contribution in [-0.4, -0.2) is 59.0 Å². The molecule has 8 nitrogen and oxygen atoms in total. The fourth-order valence-electron chi connectivity index (χ4n) is 9.40. The summed E-state index contributed by atoms with van der Waals surface area (Å²) in [6.07, 6.45) is 7.92. The summed E-state index contributed by atoms with van der Waals surface area (Å²) in [6, 6.07) is 10.0. The Kier molecular flexibility index (Phi) is 7.52. The number of fused-ring (bicyclic) bond motifs is 3. The number of hydrogen-bond donors (Lipinski definition) is 1. The molecule has 1 saturated carbocycles. The van der Waals surface area contributed by atoms with Gasteiger partial charge in [0.2, 0.25) is 5.91 Å². The second-order valence-electron chi connectivity index (χ2n) is 15.0. The van der Waals surface area contributed by atoms with Crippen LogP contribution in [0.2, 0.25) is 0 Å². The van der Waals surface area contributed by atoms with Crippen molar-refractivity contribution in [2.24, 2.45) is 29.1 Å². The molecule has 4 fully saturated rings. The lowest BCUT2D eigenvalue weighted by molar-refractivity contribution is -0.190. The Morgan fingerprint density at radius 3 is 2.30 bits per heavy atom. The molecule has 44 heavy (non-hydrogen) atoms. The highest BCUT2D eigenvalue weighted by molar-refractivity contribution is 5.89. The van der Waals surface area contributed by atoms with Crippen molar-refractivity contribution < 1.29 is 33.3 Å². The number of ether oxygens (including phenoxy) is 5. The predicted octanol–water partition coefficient (Wildman–Crippen LogP) is 5.50. The van der Waals surface area contributed by atoms with E-state index in [1.165, 1.54) is 6.92 Å². The number of benzene rings is 1. The van der Waals surface area contributed by atoms with Crippen molar-refractivity contribution in [3.05, 3.63) is 60.2 Å². The number of rotatable bonds is 3. The normalized spacial score (nSPS) is 46.8. The van der Waals surface area contributed by atoms with Crippen LogP contribution < -0.4 is 5.32 Å². The molecular formula is C36H49NO7. The van der Waals surface area contributed by atoms with E-state index in [4.69, 9.17) is 23.7 Å². The van der Waals surface area contributed by atoms with Crippen LogP contribution in [0.1, 0.15) is 74.3 Å². The maximum atomic E-state index is 14.9. The van der Waals surface area contributed by atoms with Gasteiger partial charge in [-0.05, 0) is 77.9 Å². The topological polar surface area (TPSA) is 92.3 Å². The van der Waals surface area contributed by atoms with Crippen LogP contribution in [0.4, 0.5) is 0 Å². The second-order valence-corrected chi connectivity index (χ2v) is 15.0. The van der Waals surface area contributed by atoms with E-state index in [0.29, 0.717) is 12.8 Å². The Hall–Kier alpha value is -2.52. The third-order valence-corrected chi connectivity index (χ3v) is 10.9. The van der Waals surface area contributed by atoms with E-state index in [2.05, 4.69) is 50.4 Å². The molecule has 1 N–H and O–H groups in total. The van der Waals surface area contributed by atoms with Gasteiger partial charge in [-0.15, -0.1) is 0 Å². The molecule has 240 valence electrons. The van der Waals surface area contributed by atoms with E-state index in [-0.39, 0.29) is 35.8 Å². The number of esters is 1. The highest BCUT2D eigenvalue weighted by atomic mass is 16.8. The summed E-state index contributed by atoms with van der Waals surface area (Å²) in [7, 11) is 0. The van der Waals surface area contributed by atoms with Crippen molar-refractivity contribution in [2.45, 2.75) is 122 Å². The van der Waals surface area contributed by atoms with Crippen molar-refractivity contribution >= 4 is 11.9 Å². The molecule has 1 aromatic carbocycles. The van der Waals surface area contributed by atoms with Gasteiger partial charge in [-0.3, -0.25) is 9.59 Å². The molecular weight excluding hydrogens is 558 g/mol. The molecule has 0 unspecified atom stereocenters. The number of nitrogens with one attached hydrogen (secondary N) is 1. The van der Waals surface area contributed by atoms with Gasteiger partial charge in [0.1, 0.15) is 17.1 Å². The van der Waals surface area contributed by atoms with Gasteiger partial charge in [0.25, 0.3) is 0 Å². The van der Waals surface area contributed by atoms with Gasteiger partial charge in [0.15, 0.2) is 11.6 Å². The molecule has 1 aromatic rings. The third-order valence-electron chi connectivity index (χ3n) is 10.9. The first-order chi connectivity index (χ1) is 20.5. The van der Waals surface area contributed by atoms with E-state index in [1.54, 1.807) is 0 Å². The summed E-state index contributed by atoms with van der Waals surface area (Å²) in [5.41, 5.74) is -1.53. The minimum Gasteiger partial charge on any atom is -0.457 e. The fraction of sp³-hybridized carbons (Fsp3) is 0.667. The Morgan fingerprint density at radius 1 is 0.955 bits per heavy atom. The maximum absolute atomic E-state index is 14.9. The number of hydrogen-bond acceptors (Lipinski definition) is 7.